The van der Waals surface area contributed by atoms with Crippen molar-refractivity contribution < 1.29 is 13.9 Å². The van der Waals surface area contributed by atoms with Gasteiger partial charge in [0.1, 0.15) is 11.6 Å². The maximum Gasteiger partial charge on any atom is 0.280 e. The third-order valence-electron chi connectivity index (χ3n) is 4.80. The van der Waals surface area contributed by atoms with Crippen LogP contribution in [0.15, 0.2) is 71.3 Å². The number of nitrogens with zero attached hydrogens (tertiary/aromatic N) is 4. The first-order chi connectivity index (χ1) is 16.1. The van der Waals surface area contributed by atoms with Crippen LogP contribution < -0.4 is 9.75 Å². The van der Waals surface area contributed by atoms with Crippen molar-refractivity contribution in [1.29, 1.82) is 0 Å². The van der Waals surface area contributed by atoms with Crippen LogP contribution in [0.1, 0.15) is 22.8 Å². The zero-order chi connectivity index (χ0) is 22.8. The summed E-state index contributed by atoms with van der Waals surface area (Å²) in [4.78, 5) is 22.3. The van der Waals surface area contributed by atoms with E-state index in [0.29, 0.717) is 27.5 Å². The zero-order valence-corrected chi connectivity index (χ0v) is 19.1. The number of thiazole rings is 2. The van der Waals surface area contributed by atoms with Crippen molar-refractivity contribution in [1.82, 2.24) is 9.97 Å². The van der Waals surface area contributed by atoms with Gasteiger partial charge in [0, 0.05) is 5.56 Å². The van der Waals surface area contributed by atoms with E-state index in [1.54, 1.807) is 36.0 Å². The molecule has 3 aromatic carbocycles. The van der Waals surface area contributed by atoms with Crippen molar-refractivity contribution in [3.05, 3.63) is 83.1 Å². The van der Waals surface area contributed by atoms with E-state index in [1.807, 2.05) is 31.2 Å². The summed E-state index contributed by atoms with van der Waals surface area (Å²) in [6, 6.07) is 17.1. The minimum absolute atomic E-state index is 0.341. The number of hydrogen-bond donors (Lipinski definition) is 0. The fourth-order valence-electron chi connectivity index (χ4n) is 3.22. The van der Waals surface area contributed by atoms with E-state index in [1.165, 1.54) is 39.8 Å². The van der Waals surface area contributed by atoms with Crippen LogP contribution in [0.2, 0.25) is 0 Å². The Morgan fingerprint density at radius 2 is 1.91 bits per heavy atom. The molecule has 0 saturated heterocycles. The Morgan fingerprint density at radius 1 is 1.09 bits per heavy atom. The first-order valence-corrected chi connectivity index (χ1v) is 11.8. The second-order valence-electron chi connectivity index (χ2n) is 7.01. The number of fused-ring (bicyclic) bond motifs is 2. The van der Waals surface area contributed by atoms with Crippen LogP contribution in [0.5, 0.6) is 5.75 Å². The molecule has 2 aromatic heterocycles. The van der Waals surface area contributed by atoms with E-state index in [4.69, 9.17) is 4.74 Å². The molecule has 9 heteroatoms. The number of carbonyl (C=O) groups excluding carboxylic acids is 1. The minimum atomic E-state index is -0.357. The van der Waals surface area contributed by atoms with Gasteiger partial charge in [-0.05, 0) is 73.2 Å². The fourth-order valence-corrected chi connectivity index (χ4v) is 4.88. The van der Waals surface area contributed by atoms with Crippen molar-refractivity contribution in [3.63, 3.8) is 0 Å². The zero-order valence-electron chi connectivity index (χ0n) is 17.4. The number of amides is 1. The van der Waals surface area contributed by atoms with Crippen molar-refractivity contribution in [2.24, 2.45) is 5.10 Å². The van der Waals surface area contributed by atoms with Crippen molar-refractivity contribution in [2.45, 2.75) is 6.92 Å². The molecule has 0 aliphatic rings. The van der Waals surface area contributed by atoms with Gasteiger partial charge in [0.05, 0.1) is 38.8 Å². The Morgan fingerprint density at radius 3 is 2.73 bits per heavy atom. The number of rotatable bonds is 6. The summed E-state index contributed by atoms with van der Waals surface area (Å²) in [5.74, 6) is 0.0600. The van der Waals surface area contributed by atoms with Gasteiger partial charge in [-0.25, -0.2) is 14.4 Å². The van der Waals surface area contributed by atoms with Crippen LogP contribution in [0, 0.1) is 5.82 Å². The maximum atomic E-state index is 13.7. The number of aromatic nitrogens is 2. The molecule has 0 unspecified atom stereocenters. The Bertz CT molecular complexity index is 1480. The van der Waals surface area contributed by atoms with Crippen LogP contribution in [0.4, 0.5) is 9.52 Å². The Balaban J connectivity index is 1.53. The lowest BCUT2D eigenvalue weighted by Crippen LogP contribution is -2.25. The smallest absolute Gasteiger partial charge is 0.280 e. The SMILES string of the molecule is CCOc1ccc(/C=N/N(C(=O)c2ccc3ncsc3c2)c2nc3ccc(F)cc3s2)cc1. The second kappa shape index (κ2) is 9.05. The second-order valence-corrected chi connectivity index (χ2v) is 8.90. The van der Waals surface area contributed by atoms with Gasteiger partial charge in [-0.3, -0.25) is 4.79 Å². The lowest BCUT2D eigenvalue weighted by molar-refractivity contribution is 0.0988. The van der Waals surface area contributed by atoms with Crippen LogP contribution in [0.25, 0.3) is 20.4 Å². The van der Waals surface area contributed by atoms with Crippen LogP contribution >= 0.6 is 22.7 Å². The highest BCUT2D eigenvalue weighted by atomic mass is 32.1. The summed E-state index contributed by atoms with van der Waals surface area (Å²) in [7, 11) is 0. The molecular weight excluding hydrogens is 459 g/mol. The summed E-state index contributed by atoms with van der Waals surface area (Å²) >= 11 is 2.66. The molecule has 0 radical (unpaired) electrons. The molecule has 2 heterocycles. The van der Waals surface area contributed by atoms with E-state index in [-0.39, 0.29) is 11.7 Å². The average Bonchev–Trinajstić information content (AvgIpc) is 3.46. The highest BCUT2D eigenvalue weighted by Gasteiger charge is 2.22. The Kier molecular flexibility index (Phi) is 5.80. The van der Waals surface area contributed by atoms with Crippen LogP contribution in [0.3, 0.4) is 0 Å². The molecule has 6 nitrogen and oxygen atoms in total. The molecule has 0 atom stereocenters. The highest BCUT2D eigenvalue weighted by molar-refractivity contribution is 7.22. The largest absolute Gasteiger partial charge is 0.494 e. The Hall–Kier alpha value is -3.69. The first kappa shape index (κ1) is 21.2. The average molecular weight is 477 g/mol. The molecule has 0 N–H and O–H groups in total. The third-order valence-corrected chi connectivity index (χ3v) is 6.59. The third kappa shape index (κ3) is 4.46. The topological polar surface area (TPSA) is 67.7 Å². The van der Waals surface area contributed by atoms with E-state index in [0.717, 1.165) is 21.5 Å². The quantitative estimate of drug-likeness (QED) is 0.219. The molecule has 33 heavy (non-hydrogen) atoms. The van der Waals surface area contributed by atoms with E-state index < -0.39 is 0 Å². The molecule has 0 bridgehead atoms. The molecule has 0 saturated carbocycles. The molecule has 0 aliphatic carbocycles. The lowest BCUT2D eigenvalue weighted by atomic mass is 10.2. The molecular formula is C24H17FN4O2S2. The summed E-state index contributed by atoms with van der Waals surface area (Å²) < 4.78 is 20.7. The van der Waals surface area contributed by atoms with Crippen LogP contribution in [-0.2, 0) is 0 Å². The summed E-state index contributed by atoms with van der Waals surface area (Å²) in [6.07, 6.45) is 1.59. The predicted molar refractivity (Wildman–Crippen MR) is 131 cm³/mol. The molecule has 1 amide bonds. The van der Waals surface area contributed by atoms with Gasteiger partial charge in [0.25, 0.3) is 5.91 Å². The normalized spacial score (nSPS) is 11.5. The van der Waals surface area contributed by atoms with Gasteiger partial charge in [-0.2, -0.15) is 10.1 Å². The number of carbonyl (C=O) groups is 1. The van der Waals surface area contributed by atoms with Crippen LogP contribution in [-0.4, -0.2) is 28.7 Å². The number of ether oxygens (including phenoxy) is 1. The number of halogens is 1. The van der Waals surface area contributed by atoms with E-state index >= 15 is 0 Å². The molecule has 0 spiro atoms. The van der Waals surface area contributed by atoms with Gasteiger partial charge in [0.15, 0.2) is 0 Å². The van der Waals surface area contributed by atoms with Gasteiger partial charge in [0.2, 0.25) is 5.13 Å². The summed E-state index contributed by atoms with van der Waals surface area (Å²) in [5.41, 5.74) is 4.42. The fraction of sp³-hybridized carbons (Fsp3) is 0.0833. The predicted octanol–water partition coefficient (Wildman–Crippen LogP) is 6.12. The molecule has 164 valence electrons. The van der Waals surface area contributed by atoms with Crippen molar-refractivity contribution in [3.8, 4) is 5.75 Å². The number of benzene rings is 3. The van der Waals surface area contributed by atoms with E-state index in [9.17, 15) is 9.18 Å². The monoisotopic (exact) mass is 476 g/mol. The molecule has 5 rings (SSSR count). The lowest BCUT2D eigenvalue weighted by Gasteiger charge is -2.14. The minimum Gasteiger partial charge on any atom is -0.494 e. The van der Waals surface area contributed by atoms with Crippen molar-refractivity contribution in [2.75, 3.05) is 11.6 Å². The van der Waals surface area contributed by atoms with E-state index in [2.05, 4.69) is 15.1 Å². The molecule has 0 aliphatic heterocycles. The maximum absolute atomic E-state index is 13.7. The number of hydrazone groups is 1. The van der Waals surface area contributed by atoms with Gasteiger partial charge >= 0.3 is 0 Å². The Labute approximate surface area is 196 Å². The van der Waals surface area contributed by atoms with Gasteiger partial charge in [-0.15, -0.1) is 11.3 Å². The highest BCUT2D eigenvalue weighted by Crippen LogP contribution is 2.31. The van der Waals surface area contributed by atoms with Crippen molar-refractivity contribution >= 4 is 60.4 Å². The standard InChI is InChI=1S/C24H17FN4O2S2/c1-2-31-18-7-3-15(4-8-18)13-27-29(24-28-20-10-6-17(25)12-22(20)33-24)23(30)16-5-9-19-21(11-16)32-14-26-19/h3-14H,2H2,1H3/b27-13+. The molecule has 0 fully saturated rings. The van der Waals surface area contributed by atoms with Gasteiger partial charge in [-0.1, -0.05) is 11.3 Å². The summed E-state index contributed by atoms with van der Waals surface area (Å²) in [6.45, 7) is 2.50. The van der Waals surface area contributed by atoms with Gasteiger partial charge < -0.3 is 4.74 Å². The summed E-state index contributed by atoms with van der Waals surface area (Å²) in [5, 5.41) is 6.07. The molecule has 5 aromatic rings. The first-order valence-electron chi connectivity index (χ1n) is 10.1. The number of hydrogen-bond acceptors (Lipinski definition) is 7. The number of anilines is 1.